The molecule has 0 bridgehead atoms. The molecule has 1 unspecified atom stereocenters. The summed E-state index contributed by atoms with van der Waals surface area (Å²) in [6, 6.07) is 40.9. The summed E-state index contributed by atoms with van der Waals surface area (Å²) >= 11 is 0. The second-order valence-corrected chi connectivity index (χ2v) is 15.5. The van der Waals surface area contributed by atoms with E-state index in [9.17, 15) is 24.0 Å². The van der Waals surface area contributed by atoms with Crippen LogP contribution in [-0.2, 0) is 63.6 Å². The summed E-state index contributed by atoms with van der Waals surface area (Å²) in [7, 11) is 1.09. The molecule has 0 aromatic heterocycles. The molecule has 8 rings (SSSR count). The highest BCUT2D eigenvalue weighted by Crippen LogP contribution is 2.39. The number of fused-ring (bicyclic) bond motifs is 1. The second-order valence-electron chi connectivity index (χ2n) is 15.5. The van der Waals surface area contributed by atoms with Crippen molar-refractivity contribution in [3.63, 3.8) is 0 Å². The molecule has 11 atom stereocenters. The molecule has 16 nitrogen and oxygen atoms in total. The number of carbonyl (C=O) groups excluding carboxylic acids is 5. The third-order valence-corrected chi connectivity index (χ3v) is 11.0. The summed E-state index contributed by atoms with van der Waals surface area (Å²) in [5.41, 5.74) is 1.72. The number of benzene rings is 5. The summed E-state index contributed by atoms with van der Waals surface area (Å²) in [4.78, 5) is 69.2. The zero-order valence-corrected chi connectivity index (χ0v) is 35.8. The molecule has 0 aliphatic carbocycles. The van der Waals surface area contributed by atoms with E-state index < -0.39 is 97.4 Å². The average molecular weight is 902 g/mol. The van der Waals surface area contributed by atoms with Gasteiger partial charge in [0.1, 0.15) is 24.4 Å². The Labute approximate surface area is 379 Å². The lowest BCUT2D eigenvalue weighted by Crippen LogP contribution is -2.70. The van der Waals surface area contributed by atoms with Crippen molar-refractivity contribution in [3.8, 4) is 0 Å². The maximum Gasteiger partial charge on any atom is 0.339 e. The summed E-state index contributed by atoms with van der Waals surface area (Å²) in [6.45, 7) is 1.32. The second kappa shape index (κ2) is 21.5. The van der Waals surface area contributed by atoms with E-state index in [0.717, 1.165) is 12.7 Å². The Hall–Kier alpha value is -6.79. The van der Waals surface area contributed by atoms with E-state index in [4.69, 9.17) is 47.4 Å². The number of carbonyl (C=O) groups is 5. The van der Waals surface area contributed by atoms with Crippen LogP contribution in [0.5, 0.6) is 0 Å². The van der Waals surface area contributed by atoms with Gasteiger partial charge < -0.3 is 52.7 Å². The van der Waals surface area contributed by atoms with Gasteiger partial charge in [0.15, 0.2) is 43.3 Å². The van der Waals surface area contributed by atoms with Crippen molar-refractivity contribution < 1.29 is 71.3 Å². The fraction of sp³-hybridized carbons (Fsp3) is 0.300. The van der Waals surface area contributed by atoms with E-state index >= 15 is 0 Å². The van der Waals surface area contributed by atoms with Crippen molar-refractivity contribution in [1.82, 2.24) is 5.32 Å². The highest BCUT2D eigenvalue weighted by molar-refractivity contribution is 5.91. The molecule has 3 heterocycles. The Morgan fingerprint density at radius 3 is 1.61 bits per heavy atom. The van der Waals surface area contributed by atoms with E-state index in [1.54, 1.807) is 54.6 Å². The number of rotatable bonds is 14. The summed E-state index contributed by atoms with van der Waals surface area (Å²) < 4.78 is 62.6. The molecule has 0 spiro atoms. The highest BCUT2D eigenvalue weighted by atomic mass is 16.8. The van der Waals surface area contributed by atoms with Gasteiger partial charge in [-0.3, -0.25) is 4.79 Å². The number of nitrogens with one attached hydrogen (secondary N) is 1. The maximum atomic E-state index is 14.2. The first-order valence-corrected chi connectivity index (χ1v) is 21.2. The van der Waals surface area contributed by atoms with Gasteiger partial charge in [0, 0.05) is 12.5 Å². The minimum atomic E-state index is -1.86. The van der Waals surface area contributed by atoms with Crippen molar-refractivity contribution in [2.45, 2.75) is 81.2 Å². The van der Waals surface area contributed by atoms with Gasteiger partial charge in [-0.2, -0.15) is 0 Å². The third-order valence-electron chi connectivity index (χ3n) is 11.0. The molecule has 3 aliphatic rings. The number of amides is 1. The number of hydrogen-bond donors (Lipinski definition) is 1. The van der Waals surface area contributed by atoms with Gasteiger partial charge >= 0.3 is 23.9 Å². The van der Waals surface area contributed by atoms with Gasteiger partial charge in [-0.05, 0) is 42.0 Å². The van der Waals surface area contributed by atoms with Gasteiger partial charge in [-0.25, -0.2) is 19.2 Å². The Bertz CT molecular complexity index is 2410. The molecule has 3 saturated heterocycles. The van der Waals surface area contributed by atoms with Crippen molar-refractivity contribution in [2.75, 3.05) is 13.7 Å². The monoisotopic (exact) mass is 901 g/mol. The van der Waals surface area contributed by atoms with Crippen molar-refractivity contribution in [3.05, 3.63) is 179 Å². The summed E-state index contributed by atoms with van der Waals surface area (Å²) in [6.07, 6.45) is -14.5. The Morgan fingerprint density at radius 1 is 0.576 bits per heavy atom. The van der Waals surface area contributed by atoms with Gasteiger partial charge in [-0.15, -0.1) is 0 Å². The van der Waals surface area contributed by atoms with E-state index in [1.807, 2.05) is 60.7 Å². The van der Waals surface area contributed by atoms with Crippen LogP contribution in [0.3, 0.4) is 0 Å². The van der Waals surface area contributed by atoms with E-state index in [1.165, 1.54) is 43.3 Å². The molecule has 1 amide bonds. The maximum absolute atomic E-state index is 14.2. The average Bonchev–Trinajstić information content (AvgIpc) is 3.36. The van der Waals surface area contributed by atoms with Gasteiger partial charge in [0.05, 0.1) is 37.0 Å². The van der Waals surface area contributed by atoms with Crippen LogP contribution < -0.4 is 5.32 Å². The highest BCUT2D eigenvalue weighted by Gasteiger charge is 2.59. The number of hydrogen-bond acceptors (Lipinski definition) is 15. The zero-order chi connectivity index (χ0) is 46.0. The molecular weight excluding hydrogens is 855 g/mol. The molecule has 16 heteroatoms. The summed E-state index contributed by atoms with van der Waals surface area (Å²) in [5.74, 6) is -4.32. The van der Waals surface area contributed by atoms with Crippen LogP contribution in [0.1, 0.15) is 55.4 Å². The molecule has 3 fully saturated rings. The van der Waals surface area contributed by atoms with Crippen LogP contribution >= 0.6 is 0 Å². The standard InChI is InChI=1S/C50H47NO15/c1-30(52)51-37-39(38-36(29-59-48(64-38)35-26-16-7-17-27-35)60-49(37)58-28-31-18-8-3-9-19-31)65-50-43(63-46(55)34-24-14-6-15-25-34)41(62-45(54)33-22-12-5-13-23-33)40(42(66-50)47(56)57-2)61-44(53)32-20-10-4-11-21-32/h3-27,36-43,48-50H,28-29H2,1-2H3,(H,51,52)/t36-,37-,38+,39-,40+,41+,42+,43-,48?,49+,50-/m1/s1. The SMILES string of the molecule is COC(=O)[C@H]1O[C@@H](O[C@@H]2[C@@H](NC(C)=O)[C@@H](OCc3ccccc3)O[C@@H]3COC(c4ccccc4)O[C@H]23)[C@H](OC(=O)c2ccccc2)[C@@H](OC(=O)c2ccccc2)[C@@H]1OC(=O)c1ccccc1. The zero-order valence-electron chi connectivity index (χ0n) is 35.8. The lowest BCUT2D eigenvalue weighted by molar-refractivity contribution is -0.376. The molecule has 0 radical (unpaired) electrons. The number of methoxy groups -OCH3 is 1. The number of esters is 4. The molecule has 3 aliphatic heterocycles. The first-order valence-electron chi connectivity index (χ1n) is 21.2. The smallest absolute Gasteiger partial charge is 0.339 e. The Balaban J connectivity index is 1.23. The van der Waals surface area contributed by atoms with E-state index in [2.05, 4.69) is 5.32 Å². The minimum Gasteiger partial charge on any atom is -0.467 e. The summed E-state index contributed by atoms with van der Waals surface area (Å²) in [5, 5.41) is 2.90. The topological polar surface area (TPSA) is 190 Å². The quantitative estimate of drug-likeness (QED) is 0.108. The molecule has 5 aromatic carbocycles. The van der Waals surface area contributed by atoms with Gasteiger partial charge in [0.2, 0.25) is 5.91 Å². The van der Waals surface area contributed by atoms with E-state index in [0.29, 0.717) is 5.56 Å². The molecule has 66 heavy (non-hydrogen) atoms. The third kappa shape index (κ3) is 10.8. The van der Waals surface area contributed by atoms with Crippen molar-refractivity contribution >= 4 is 29.8 Å². The van der Waals surface area contributed by atoms with Crippen LogP contribution in [-0.4, -0.2) is 105 Å². The van der Waals surface area contributed by atoms with Crippen LogP contribution in [0.25, 0.3) is 0 Å². The predicted molar refractivity (Wildman–Crippen MR) is 230 cm³/mol. The molecule has 0 saturated carbocycles. The first kappa shape index (κ1) is 45.8. The Kier molecular flexibility index (Phi) is 14.9. The largest absolute Gasteiger partial charge is 0.467 e. The van der Waals surface area contributed by atoms with Crippen LogP contribution in [0.15, 0.2) is 152 Å². The fourth-order valence-corrected chi connectivity index (χ4v) is 7.86. The molecular formula is C50H47NO15. The Morgan fingerprint density at radius 2 is 1.08 bits per heavy atom. The lowest BCUT2D eigenvalue weighted by atomic mass is 9.94. The molecule has 342 valence electrons. The van der Waals surface area contributed by atoms with E-state index in [-0.39, 0.29) is 29.9 Å². The van der Waals surface area contributed by atoms with Crippen LogP contribution in [0, 0.1) is 0 Å². The first-order chi connectivity index (χ1) is 32.2. The van der Waals surface area contributed by atoms with Crippen LogP contribution in [0.2, 0.25) is 0 Å². The lowest BCUT2D eigenvalue weighted by Gasteiger charge is -2.51. The molecule has 1 N–H and O–H groups in total. The van der Waals surface area contributed by atoms with Crippen LogP contribution in [0.4, 0.5) is 0 Å². The predicted octanol–water partition coefficient (Wildman–Crippen LogP) is 5.51. The normalized spacial score (nSPS) is 27.0. The number of ether oxygens (including phenoxy) is 10. The van der Waals surface area contributed by atoms with Gasteiger partial charge in [-0.1, -0.05) is 115 Å². The van der Waals surface area contributed by atoms with Gasteiger partial charge in [0.25, 0.3) is 0 Å². The fourth-order valence-electron chi connectivity index (χ4n) is 7.86. The minimum absolute atomic E-state index is 0.0281. The van der Waals surface area contributed by atoms with Crippen molar-refractivity contribution in [1.29, 1.82) is 0 Å². The molecule has 5 aromatic rings. The van der Waals surface area contributed by atoms with Crippen molar-refractivity contribution in [2.24, 2.45) is 0 Å².